The van der Waals surface area contributed by atoms with Gasteiger partial charge in [0, 0.05) is 40.4 Å². The van der Waals surface area contributed by atoms with Crippen LogP contribution in [0.4, 0.5) is 11.4 Å². The first-order valence-corrected chi connectivity index (χ1v) is 19.4. The number of rotatable bonds is 9. The molecule has 0 aliphatic heterocycles. The molecule has 7 aromatic carbocycles. The van der Waals surface area contributed by atoms with Crippen LogP contribution in [0, 0.1) is 0 Å². The molecule has 8 rings (SSSR count). The highest BCUT2D eigenvalue weighted by Crippen LogP contribution is 2.54. The number of nitrogens with zero attached hydrogens (tertiary/aromatic N) is 2. The van der Waals surface area contributed by atoms with Crippen molar-refractivity contribution < 1.29 is 0 Å². The highest BCUT2D eigenvalue weighted by atomic mass is 28.2. The van der Waals surface area contributed by atoms with E-state index in [1.165, 1.54) is 43.8 Å². The van der Waals surface area contributed by atoms with Crippen LogP contribution in [0.2, 0.25) is 0 Å². The van der Waals surface area contributed by atoms with Gasteiger partial charge >= 0.3 is 0 Å². The van der Waals surface area contributed by atoms with E-state index in [0.29, 0.717) is 16.1 Å². The first kappa shape index (κ1) is 34.8. The van der Waals surface area contributed by atoms with Gasteiger partial charge in [-0.15, -0.1) is 0 Å². The topological polar surface area (TPSA) is 48.8 Å². The van der Waals surface area contributed by atoms with Gasteiger partial charge in [-0.2, -0.15) is 0 Å². The summed E-state index contributed by atoms with van der Waals surface area (Å²) in [7, 11) is 2.39. The SMILES string of the molecule is CN=C(NC(=NCc1ccccc1)c1cccc(Nc2c(-c3ccccc3)ccc3c2-c2ccccc2C3(C)C)c1)c1cccc([Si]c2ccccc2)c1. The zero-order valence-corrected chi connectivity index (χ0v) is 31.8. The second-order valence-corrected chi connectivity index (χ2v) is 15.5. The molecule has 0 aromatic heterocycles. The lowest BCUT2D eigenvalue weighted by Gasteiger charge is -2.23. The van der Waals surface area contributed by atoms with Crippen LogP contribution in [0.1, 0.15) is 41.7 Å². The van der Waals surface area contributed by atoms with Crippen LogP contribution in [0.25, 0.3) is 22.3 Å². The molecule has 0 heterocycles. The van der Waals surface area contributed by atoms with Crippen LogP contribution < -0.4 is 21.0 Å². The zero-order chi connectivity index (χ0) is 36.9. The summed E-state index contributed by atoms with van der Waals surface area (Å²) in [5.41, 5.74) is 12.7. The average molecular weight is 715 g/mol. The molecule has 0 amide bonds. The monoisotopic (exact) mass is 714 g/mol. The van der Waals surface area contributed by atoms with Crippen LogP contribution in [0.3, 0.4) is 0 Å². The minimum atomic E-state index is -0.116. The number of aliphatic imine (C=N–C) groups is 2. The van der Waals surface area contributed by atoms with Crippen LogP contribution in [0.15, 0.2) is 186 Å². The Bertz CT molecular complexity index is 2470. The Kier molecular flexibility index (Phi) is 9.88. The van der Waals surface area contributed by atoms with E-state index in [0.717, 1.165) is 39.7 Å². The van der Waals surface area contributed by atoms with E-state index < -0.39 is 0 Å². The van der Waals surface area contributed by atoms with Crippen LogP contribution in [-0.2, 0) is 12.0 Å². The Morgan fingerprint density at radius 1 is 0.574 bits per heavy atom. The van der Waals surface area contributed by atoms with Gasteiger partial charge in [0.15, 0.2) is 0 Å². The zero-order valence-electron chi connectivity index (χ0n) is 30.8. The molecule has 54 heavy (non-hydrogen) atoms. The molecule has 1 aliphatic carbocycles. The van der Waals surface area contributed by atoms with E-state index in [1.807, 2.05) is 13.1 Å². The molecular formula is C49H42N4Si. The lowest BCUT2D eigenvalue weighted by atomic mass is 9.82. The van der Waals surface area contributed by atoms with Crippen LogP contribution >= 0.6 is 0 Å². The average Bonchev–Trinajstić information content (AvgIpc) is 3.45. The summed E-state index contributed by atoms with van der Waals surface area (Å²) in [4.78, 5) is 9.93. The Morgan fingerprint density at radius 3 is 1.98 bits per heavy atom. The Hall–Kier alpha value is -6.30. The number of hydrogen-bond acceptors (Lipinski definition) is 3. The minimum absolute atomic E-state index is 0.116. The van der Waals surface area contributed by atoms with Crippen molar-refractivity contribution in [2.45, 2.75) is 25.8 Å². The number of fused-ring (bicyclic) bond motifs is 3. The van der Waals surface area contributed by atoms with Gasteiger partial charge in [-0.1, -0.05) is 188 Å². The first-order valence-electron chi connectivity index (χ1n) is 18.4. The number of nitrogens with one attached hydrogen (secondary N) is 2. The molecule has 0 atom stereocenters. The predicted molar refractivity (Wildman–Crippen MR) is 229 cm³/mol. The van der Waals surface area contributed by atoms with Crippen molar-refractivity contribution in [3.8, 4) is 22.3 Å². The molecule has 1 aliphatic rings. The summed E-state index contributed by atoms with van der Waals surface area (Å²) < 4.78 is 0. The van der Waals surface area contributed by atoms with Gasteiger partial charge in [0.1, 0.15) is 21.2 Å². The van der Waals surface area contributed by atoms with Gasteiger partial charge in [-0.25, -0.2) is 0 Å². The molecule has 2 radical (unpaired) electrons. The molecule has 262 valence electrons. The minimum Gasteiger partial charge on any atom is -0.354 e. The molecule has 4 nitrogen and oxygen atoms in total. The fraction of sp³-hybridized carbons (Fsp3) is 0.102. The third-order valence-electron chi connectivity index (χ3n) is 10.2. The van der Waals surface area contributed by atoms with Crippen molar-refractivity contribution in [3.63, 3.8) is 0 Å². The molecule has 0 spiro atoms. The summed E-state index contributed by atoms with van der Waals surface area (Å²) in [5.74, 6) is 1.53. The highest BCUT2D eigenvalue weighted by molar-refractivity contribution is 6.67. The lowest BCUT2D eigenvalue weighted by molar-refractivity contribution is 0.660. The largest absolute Gasteiger partial charge is 0.354 e. The van der Waals surface area contributed by atoms with Crippen molar-refractivity contribution in [1.82, 2.24) is 5.32 Å². The summed E-state index contributed by atoms with van der Waals surface area (Å²) >= 11 is 0. The maximum atomic E-state index is 5.19. The van der Waals surface area contributed by atoms with E-state index in [2.05, 4.69) is 194 Å². The third-order valence-corrected chi connectivity index (χ3v) is 11.4. The van der Waals surface area contributed by atoms with Gasteiger partial charge in [0.05, 0.1) is 12.2 Å². The van der Waals surface area contributed by atoms with E-state index >= 15 is 0 Å². The van der Waals surface area contributed by atoms with E-state index in [9.17, 15) is 0 Å². The Morgan fingerprint density at radius 2 is 1.22 bits per heavy atom. The third kappa shape index (κ3) is 7.19. The Balaban J connectivity index is 1.18. The summed E-state index contributed by atoms with van der Waals surface area (Å²) in [6.45, 7) is 5.19. The standard InChI is InChI=1S/C49H42N4Si/c1-49(2)43-28-14-13-27-42(43)45-44(49)30-29-41(35-19-9-5-10-20-35)46(45)52-38-23-15-21-36(31-38)48(51-33-34-17-7-4-8-18-34)53-47(50-3)37-22-16-26-40(32-37)54-39-24-11-6-12-25-39/h4-32,52H,33H2,1-3H3,(H,50,51,53). The fourth-order valence-corrected chi connectivity index (χ4v) is 8.53. The second-order valence-electron chi connectivity index (χ2n) is 14.1. The normalized spacial score (nSPS) is 13.2. The summed E-state index contributed by atoms with van der Waals surface area (Å²) in [6, 6.07) is 62.3. The van der Waals surface area contributed by atoms with Crippen LogP contribution in [-0.4, -0.2) is 28.2 Å². The summed E-state index contributed by atoms with van der Waals surface area (Å²) in [6.07, 6.45) is 0. The van der Waals surface area contributed by atoms with Gasteiger partial charge in [-0.05, 0) is 39.9 Å². The van der Waals surface area contributed by atoms with E-state index in [1.54, 1.807) is 0 Å². The van der Waals surface area contributed by atoms with Crippen LogP contribution in [0.5, 0.6) is 0 Å². The number of benzene rings is 7. The molecule has 0 bridgehead atoms. The smallest absolute Gasteiger partial charge is 0.134 e. The maximum Gasteiger partial charge on any atom is 0.134 e. The molecule has 5 heteroatoms. The molecule has 2 N–H and O–H groups in total. The van der Waals surface area contributed by atoms with E-state index in [-0.39, 0.29) is 5.41 Å². The molecule has 7 aromatic rings. The molecule has 0 fully saturated rings. The fourth-order valence-electron chi connectivity index (χ4n) is 7.43. The molecule has 0 unspecified atom stereocenters. The van der Waals surface area contributed by atoms with Crippen molar-refractivity contribution in [3.05, 3.63) is 204 Å². The van der Waals surface area contributed by atoms with E-state index in [4.69, 9.17) is 9.98 Å². The predicted octanol–water partition coefficient (Wildman–Crippen LogP) is 9.67. The first-order chi connectivity index (χ1) is 26.5. The Labute approximate surface area is 321 Å². The van der Waals surface area contributed by atoms with Crippen molar-refractivity contribution in [2.75, 3.05) is 12.4 Å². The molecular weight excluding hydrogens is 673 g/mol. The quantitative estimate of drug-likeness (QED) is 0.0889. The van der Waals surface area contributed by atoms with Gasteiger partial charge in [0.2, 0.25) is 0 Å². The molecule has 0 saturated carbocycles. The maximum absolute atomic E-state index is 5.19. The summed E-state index contributed by atoms with van der Waals surface area (Å²) in [5, 5.41) is 10.2. The van der Waals surface area contributed by atoms with Gasteiger partial charge in [-0.3, -0.25) is 9.98 Å². The second kappa shape index (κ2) is 15.4. The van der Waals surface area contributed by atoms with Gasteiger partial charge in [0.25, 0.3) is 0 Å². The number of anilines is 2. The van der Waals surface area contributed by atoms with Crippen molar-refractivity contribution in [2.24, 2.45) is 9.98 Å². The van der Waals surface area contributed by atoms with Crippen molar-refractivity contribution >= 4 is 42.9 Å². The lowest BCUT2D eigenvalue weighted by Crippen LogP contribution is -2.34. The highest BCUT2D eigenvalue weighted by Gasteiger charge is 2.37. The molecule has 0 saturated heterocycles. The van der Waals surface area contributed by atoms with Crippen molar-refractivity contribution in [1.29, 1.82) is 0 Å². The number of hydrogen-bond donors (Lipinski definition) is 2. The number of amidine groups is 2. The van der Waals surface area contributed by atoms with Gasteiger partial charge < -0.3 is 10.6 Å².